The first kappa shape index (κ1) is 20.5. The number of carbonyl (C=O) groups is 2. The second kappa shape index (κ2) is 8.24. The van der Waals surface area contributed by atoms with Gasteiger partial charge in [-0.05, 0) is 78.2 Å². The predicted octanol–water partition coefficient (Wildman–Crippen LogP) is 4.40. The summed E-state index contributed by atoms with van der Waals surface area (Å²) in [7, 11) is 0. The van der Waals surface area contributed by atoms with E-state index in [1.807, 2.05) is 42.6 Å². The number of aliphatic hydroxyl groups excluding tert-OH is 1. The summed E-state index contributed by atoms with van der Waals surface area (Å²) in [5.74, 6) is -0.617. The lowest BCUT2D eigenvalue weighted by Gasteiger charge is -2.25. The number of thiophene rings is 1. The van der Waals surface area contributed by atoms with E-state index in [0.717, 1.165) is 40.2 Å². The number of Topliss-reactive ketones (excluding diaryl/α,β-unsaturated/α-hetero) is 1. The number of ether oxygens (including phenoxy) is 1. The molecule has 0 bridgehead atoms. The van der Waals surface area contributed by atoms with Crippen LogP contribution in [0.3, 0.4) is 0 Å². The smallest absolute Gasteiger partial charge is 0.295 e. The van der Waals surface area contributed by atoms with E-state index in [2.05, 4.69) is 4.98 Å². The van der Waals surface area contributed by atoms with Crippen LogP contribution >= 0.6 is 11.3 Å². The second-order valence-corrected chi connectivity index (χ2v) is 8.97. The quantitative estimate of drug-likeness (QED) is 0.365. The lowest BCUT2D eigenvalue weighted by molar-refractivity contribution is -0.140. The average molecular weight is 447 g/mol. The van der Waals surface area contributed by atoms with E-state index in [1.165, 1.54) is 11.3 Å². The Morgan fingerprint density at radius 2 is 2.03 bits per heavy atom. The molecular formula is C25H22N2O4S. The minimum Gasteiger partial charge on any atom is -0.507 e. The van der Waals surface area contributed by atoms with Crippen molar-refractivity contribution in [3.63, 3.8) is 0 Å². The fraction of sp³-hybridized carbons (Fsp3) is 0.240. The lowest BCUT2D eigenvalue weighted by atomic mass is 9.96. The highest BCUT2D eigenvalue weighted by Gasteiger charge is 2.47. The van der Waals surface area contributed by atoms with Crippen molar-refractivity contribution >= 4 is 28.8 Å². The minimum atomic E-state index is -0.664. The normalized spacial score (nSPS) is 19.7. The van der Waals surface area contributed by atoms with Crippen LogP contribution in [0.2, 0.25) is 0 Å². The summed E-state index contributed by atoms with van der Waals surface area (Å²) in [5.41, 5.74) is 3.50. The highest BCUT2D eigenvalue weighted by molar-refractivity contribution is 7.10. The maximum atomic E-state index is 13.2. The third-order valence-corrected chi connectivity index (χ3v) is 7.05. The molecule has 0 aliphatic carbocycles. The molecule has 1 saturated heterocycles. The van der Waals surface area contributed by atoms with E-state index in [4.69, 9.17) is 4.74 Å². The molecule has 7 heteroatoms. The molecule has 2 aromatic heterocycles. The molecule has 1 N–H and O–H groups in total. The van der Waals surface area contributed by atoms with E-state index in [-0.39, 0.29) is 17.9 Å². The van der Waals surface area contributed by atoms with E-state index < -0.39 is 17.7 Å². The topological polar surface area (TPSA) is 79.7 Å². The van der Waals surface area contributed by atoms with Gasteiger partial charge in [-0.25, -0.2) is 0 Å². The molecule has 0 spiro atoms. The number of pyridine rings is 1. The molecule has 2 aliphatic rings. The Labute approximate surface area is 189 Å². The fourth-order valence-electron chi connectivity index (χ4n) is 4.33. The number of aryl methyl sites for hydroxylation is 2. The molecule has 3 aromatic rings. The van der Waals surface area contributed by atoms with Crippen molar-refractivity contribution in [2.24, 2.45) is 0 Å². The zero-order valence-corrected chi connectivity index (χ0v) is 18.4. The van der Waals surface area contributed by atoms with Crippen LogP contribution < -0.4 is 4.74 Å². The molecule has 162 valence electrons. The molecule has 1 amide bonds. The van der Waals surface area contributed by atoms with Crippen LogP contribution in [0.1, 0.15) is 39.6 Å². The Hall–Kier alpha value is -3.45. The fourth-order valence-corrected chi connectivity index (χ4v) is 5.37. The number of amides is 1. The Kier molecular flexibility index (Phi) is 5.27. The van der Waals surface area contributed by atoms with Gasteiger partial charge >= 0.3 is 0 Å². The van der Waals surface area contributed by atoms with Gasteiger partial charge in [0.05, 0.1) is 12.2 Å². The number of ketones is 1. The van der Waals surface area contributed by atoms with Crippen LogP contribution in [-0.2, 0) is 22.6 Å². The Morgan fingerprint density at radius 3 is 2.78 bits per heavy atom. The minimum absolute atomic E-state index is 0.131. The summed E-state index contributed by atoms with van der Waals surface area (Å²) in [6.07, 6.45) is 5.07. The van der Waals surface area contributed by atoms with Crippen LogP contribution in [0, 0.1) is 6.92 Å². The van der Waals surface area contributed by atoms with Crippen molar-refractivity contribution < 1.29 is 19.4 Å². The van der Waals surface area contributed by atoms with Crippen LogP contribution in [0.5, 0.6) is 5.75 Å². The number of likely N-dealkylation sites (tertiary alicyclic amines) is 1. The molecule has 1 atom stereocenters. The maximum Gasteiger partial charge on any atom is 0.295 e. The van der Waals surface area contributed by atoms with Crippen LogP contribution in [0.15, 0.2) is 59.7 Å². The Bertz CT molecular complexity index is 1230. The molecule has 6 nitrogen and oxygen atoms in total. The van der Waals surface area contributed by atoms with Crippen molar-refractivity contribution in [1.29, 1.82) is 0 Å². The summed E-state index contributed by atoms with van der Waals surface area (Å²) < 4.78 is 5.67. The molecule has 1 aromatic carbocycles. The van der Waals surface area contributed by atoms with E-state index >= 15 is 0 Å². The molecule has 2 aliphatic heterocycles. The molecule has 5 rings (SSSR count). The van der Waals surface area contributed by atoms with Gasteiger partial charge in [0, 0.05) is 29.4 Å². The summed E-state index contributed by atoms with van der Waals surface area (Å²) >= 11 is 1.48. The zero-order valence-electron chi connectivity index (χ0n) is 17.6. The van der Waals surface area contributed by atoms with Crippen molar-refractivity contribution in [2.75, 3.05) is 6.61 Å². The Morgan fingerprint density at radius 1 is 1.22 bits per heavy atom. The summed E-state index contributed by atoms with van der Waals surface area (Å²) in [6, 6.07) is 10.4. The maximum absolute atomic E-state index is 13.2. The number of benzene rings is 1. The first-order valence-corrected chi connectivity index (χ1v) is 11.4. The number of carbonyl (C=O) groups excluding carboxylic acids is 2. The van der Waals surface area contributed by atoms with Crippen LogP contribution in [0.4, 0.5) is 0 Å². The highest BCUT2D eigenvalue weighted by Crippen LogP contribution is 2.43. The highest BCUT2D eigenvalue weighted by atomic mass is 32.1. The number of aromatic nitrogens is 1. The molecule has 1 fully saturated rings. The van der Waals surface area contributed by atoms with E-state index in [1.54, 1.807) is 23.4 Å². The standard InChI is InChI=1S/C25H22N2O4S/c1-15-8-12-32-24(15)21-20(22(28)18-4-5-19-17(13-18)3-2-11-31-19)23(29)25(30)27(21)14-16-6-9-26-10-7-16/h4-10,12-13,21,28H,2-3,11,14H2,1H3/b22-20-. The summed E-state index contributed by atoms with van der Waals surface area (Å²) in [5, 5.41) is 13.2. The molecular weight excluding hydrogens is 424 g/mol. The third kappa shape index (κ3) is 3.48. The van der Waals surface area contributed by atoms with Crippen molar-refractivity contribution in [2.45, 2.75) is 32.4 Å². The van der Waals surface area contributed by atoms with Crippen molar-refractivity contribution in [3.05, 3.63) is 86.9 Å². The van der Waals surface area contributed by atoms with Gasteiger partial charge in [0.2, 0.25) is 0 Å². The number of rotatable bonds is 4. The molecule has 1 unspecified atom stereocenters. The van der Waals surface area contributed by atoms with Gasteiger partial charge in [0.15, 0.2) is 0 Å². The number of hydrogen-bond acceptors (Lipinski definition) is 6. The zero-order chi connectivity index (χ0) is 22.2. The van der Waals surface area contributed by atoms with Gasteiger partial charge in [-0.15, -0.1) is 11.3 Å². The monoisotopic (exact) mass is 446 g/mol. The van der Waals surface area contributed by atoms with Crippen molar-refractivity contribution in [1.82, 2.24) is 9.88 Å². The number of aliphatic hydroxyl groups is 1. The first-order valence-electron chi connectivity index (χ1n) is 10.5. The van der Waals surface area contributed by atoms with Gasteiger partial charge in [0.1, 0.15) is 17.6 Å². The van der Waals surface area contributed by atoms with Gasteiger partial charge in [0.25, 0.3) is 11.7 Å². The predicted molar refractivity (Wildman–Crippen MR) is 121 cm³/mol. The van der Waals surface area contributed by atoms with Crippen LogP contribution in [-0.4, -0.2) is 33.3 Å². The first-order chi connectivity index (χ1) is 15.5. The van der Waals surface area contributed by atoms with Crippen LogP contribution in [0.25, 0.3) is 5.76 Å². The average Bonchev–Trinajstić information content (AvgIpc) is 3.34. The molecule has 0 radical (unpaired) electrons. The largest absolute Gasteiger partial charge is 0.507 e. The van der Waals surface area contributed by atoms with Gasteiger partial charge in [-0.2, -0.15) is 0 Å². The van der Waals surface area contributed by atoms with Gasteiger partial charge in [-0.3, -0.25) is 14.6 Å². The Balaban J connectivity index is 1.63. The number of fused-ring (bicyclic) bond motifs is 1. The van der Waals surface area contributed by atoms with Gasteiger partial charge < -0.3 is 14.7 Å². The van der Waals surface area contributed by atoms with Crippen molar-refractivity contribution in [3.8, 4) is 5.75 Å². The number of nitrogens with zero attached hydrogens (tertiary/aromatic N) is 2. The lowest BCUT2D eigenvalue weighted by Crippen LogP contribution is -2.29. The summed E-state index contributed by atoms with van der Waals surface area (Å²) in [6.45, 7) is 2.88. The molecule has 0 saturated carbocycles. The molecule has 4 heterocycles. The van der Waals surface area contributed by atoms with E-state index in [9.17, 15) is 14.7 Å². The molecule has 32 heavy (non-hydrogen) atoms. The van der Waals surface area contributed by atoms with E-state index in [0.29, 0.717) is 12.2 Å². The summed E-state index contributed by atoms with van der Waals surface area (Å²) in [4.78, 5) is 32.7. The third-order valence-electron chi connectivity index (χ3n) is 5.97. The second-order valence-electron chi connectivity index (χ2n) is 8.02. The SMILES string of the molecule is Cc1ccsc1C1/C(=C(/O)c2ccc3c(c2)CCCO3)C(=O)C(=O)N1Cc1ccncc1. The number of hydrogen-bond donors (Lipinski definition) is 1. The van der Waals surface area contributed by atoms with Gasteiger partial charge in [-0.1, -0.05) is 0 Å².